The number of ether oxygens (including phenoxy) is 3. The first-order valence-corrected chi connectivity index (χ1v) is 8.85. The van der Waals surface area contributed by atoms with E-state index in [0.29, 0.717) is 22.8 Å². The van der Waals surface area contributed by atoms with Crippen LogP contribution in [-0.4, -0.2) is 42.0 Å². The molecule has 0 aliphatic heterocycles. The molecule has 0 atom stereocenters. The van der Waals surface area contributed by atoms with Crippen LogP contribution in [0.1, 0.15) is 43.7 Å². The Morgan fingerprint density at radius 1 is 1.15 bits per heavy atom. The van der Waals surface area contributed by atoms with Crippen LogP contribution < -0.4 is 10.5 Å². The zero-order chi connectivity index (χ0) is 20.4. The maximum absolute atomic E-state index is 12.2. The van der Waals surface area contributed by atoms with Crippen molar-refractivity contribution in [2.75, 3.05) is 26.1 Å². The van der Waals surface area contributed by atoms with Gasteiger partial charge in [-0.2, -0.15) is 5.10 Å². The molecule has 0 fully saturated rings. The second-order valence-corrected chi connectivity index (χ2v) is 5.04. The molecule has 0 amide bonds. The Morgan fingerprint density at radius 2 is 1.81 bits per heavy atom. The van der Waals surface area contributed by atoms with Crippen LogP contribution in [0.2, 0.25) is 0 Å². The number of benzene rings is 1. The minimum absolute atomic E-state index is 0.140. The summed E-state index contributed by atoms with van der Waals surface area (Å²) in [5, 5.41) is 4.21. The molecule has 1 aromatic carbocycles. The molecule has 2 rings (SSSR count). The molecular weight excluding hydrogens is 350 g/mol. The van der Waals surface area contributed by atoms with Gasteiger partial charge in [-0.15, -0.1) is 0 Å². The third-order valence-corrected chi connectivity index (χ3v) is 3.45. The number of methoxy groups -OCH3 is 1. The van der Waals surface area contributed by atoms with Crippen LogP contribution in [0.5, 0.6) is 5.75 Å². The fraction of sp³-hybridized carbons (Fsp3) is 0.421. The molecule has 8 nitrogen and oxygen atoms in total. The maximum Gasteiger partial charge on any atom is 0.341 e. The summed E-state index contributed by atoms with van der Waals surface area (Å²) in [6.45, 7) is 7.86. The van der Waals surface area contributed by atoms with Gasteiger partial charge in [-0.1, -0.05) is 13.8 Å². The average Bonchev–Trinajstić information content (AvgIpc) is 3.07. The van der Waals surface area contributed by atoms with E-state index in [-0.39, 0.29) is 25.2 Å². The van der Waals surface area contributed by atoms with Crippen molar-refractivity contribution in [1.82, 2.24) is 9.78 Å². The Morgan fingerprint density at radius 3 is 2.41 bits per heavy atom. The topological polar surface area (TPSA) is 106 Å². The van der Waals surface area contributed by atoms with Gasteiger partial charge in [-0.05, 0) is 26.0 Å². The van der Waals surface area contributed by atoms with Crippen LogP contribution in [-0.2, 0) is 20.7 Å². The quantitative estimate of drug-likeness (QED) is 0.584. The van der Waals surface area contributed by atoms with Crippen molar-refractivity contribution in [2.45, 2.75) is 34.1 Å². The third-order valence-electron chi connectivity index (χ3n) is 3.45. The summed E-state index contributed by atoms with van der Waals surface area (Å²) in [7, 11) is 1.53. The van der Waals surface area contributed by atoms with Crippen LogP contribution in [0, 0.1) is 0 Å². The predicted molar refractivity (Wildman–Crippen MR) is 102 cm³/mol. The molecule has 0 saturated carbocycles. The maximum atomic E-state index is 12.2. The van der Waals surface area contributed by atoms with E-state index in [1.54, 1.807) is 32.0 Å². The molecule has 1 aromatic heterocycles. The number of esters is 2. The molecule has 1 heterocycles. The van der Waals surface area contributed by atoms with Crippen molar-refractivity contribution in [1.29, 1.82) is 0 Å². The standard InChI is InChI=1S/C17H21N3O5.C2H6/c1-4-24-16(21)9-14-12(17(22)25-5-2)10-19-20(14)15-8-11(23-3)6-7-13(15)18;1-2/h6-8,10H,4-5,9,18H2,1-3H3;1-2H3. The van der Waals surface area contributed by atoms with Crippen molar-refractivity contribution in [2.24, 2.45) is 0 Å². The van der Waals surface area contributed by atoms with Crippen molar-refractivity contribution in [3.63, 3.8) is 0 Å². The lowest BCUT2D eigenvalue weighted by Gasteiger charge is -2.12. The van der Waals surface area contributed by atoms with Crippen molar-refractivity contribution in [3.05, 3.63) is 35.7 Å². The first-order chi connectivity index (χ1) is 13.0. The summed E-state index contributed by atoms with van der Waals surface area (Å²) in [5.41, 5.74) is 7.48. The smallest absolute Gasteiger partial charge is 0.341 e. The SMILES string of the molecule is CC.CCOC(=O)Cc1c(C(=O)OCC)cnn1-c1cc(OC)ccc1N. The molecule has 0 radical (unpaired) electrons. The highest BCUT2D eigenvalue weighted by atomic mass is 16.5. The van der Waals surface area contributed by atoms with E-state index in [9.17, 15) is 9.59 Å². The predicted octanol–water partition coefficient (Wildman–Crippen LogP) is 2.77. The van der Waals surface area contributed by atoms with Crippen LogP contribution in [0.25, 0.3) is 5.69 Å². The van der Waals surface area contributed by atoms with Gasteiger partial charge in [0.15, 0.2) is 0 Å². The van der Waals surface area contributed by atoms with E-state index in [0.717, 1.165) is 0 Å². The van der Waals surface area contributed by atoms with Crippen LogP contribution >= 0.6 is 0 Å². The van der Waals surface area contributed by atoms with Crippen LogP contribution in [0.15, 0.2) is 24.4 Å². The van der Waals surface area contributed by atoms with Gasteiger partial charge >= 0.3 is 11.9 Å². The Hall–Kier alpha value is -3.03. The zero-order valence-corrected chi connectivity index (χ0v) is 16.4. The van der Waals surface area contributed by atoms with E-state index < -0.39 is 11.9 Å². The summed E-state index contributed by atoms with van der Waals surface area (Å²) < 4.78 is 16.7. The van der Waals surface area contributed by atoms with Crippen LogP contribution in [0.4, 0.5) is 5.69 Å². The Kier molecular flexibility index (Phi) is 8.84. The lowest BCUT2D eigenvalue weighted by Crippen LogP contribution is -2.16. The van der Waals surface area contributed by atoms with Gasteiger partial charge in [-0.3, -0.25) is 4.79 Å². The molecule has 0 spiro atoms. The summed E-state index contributed by atoms with van der Waals surface area (Å²) in [6.07, 6.45) is 1.21. The van der Waals surface area contributed by atoms with Gasteiger partial charge in [0, 0.05) is 6.07 Å². The average molecular weight is 377 g/mol. The molecule has 2 N–H and O–H groups in total. The normalized spacial score (nSPS) is 9.81. The Labute approximate surface area is 159 Å². The second kappa shape index (κ2) is 10.8. The molecule has 0 aliphatic carbocycles. The summed E-state index contributed by atoms with van der Waals surface area (Å²) in [4.78, 5) is 24.1. The van der Waals surface area contributed by atoms with E-state index >= 15 is 0 Å². The monoisotopic (exact) mass is 377 g/mol. The van der Waals surface area contributed by atoms with Gasteiger partial charge in [0.25, 0.3) is 0 Å². The zero-order valence-electron chi connectivity index (χ0n) is 16.4. The fourth-order valence-corrected chi connectivity index (χ4v) is 2.31. The largest absolute Gasteiger partial charge is 0.497 e. The lowest BCUT2D eigenvalue weighted by atomic mass is 10.1. The number of carbonyl (C=O) groups excluding carboxylic acids is 2. The lowest BCUT2D eigenvalue weighted by molar-refractivity contribution is -0.142. The number of aromatic nitrogens is 2. The first-order valence-electron chi connectivity index (χ1n) is 8.85. The number of nitrogens with two attached hydrogens (primary N) is 1. The van der Waals surface area contributed by atoms with Gasteiger partial charge in [-0.25, -0.2) is 9.48 Å². The van der Waals surface area contributed by atoms with E-state index in [2.05, 4.69) is 5.10 Å². The Balaban J connectivity index is 0.00000176. The summed E-state index contributed by atoms with van der Waals surface area (Å²) in [6, 6.07) is 5.04. The number of carbonyl (C=O) groups is 2. The van der Waals surface area contributed by atoms with E-state index in [1.165, 1.54) is 18.0 Å². The van der Waals surface area contributed by atoms with Crippen molar-refractivity contribution < 1.29 is 23.8 Å². The highest BCUT2D eigenvalue weighted by Gasteiger charge is 2.23. The van der Waals surface area contributed by atoms with Gasteiger partial charge in [0.05, 0.1) is 50.0 Å². The van der Waals surface area contributed by atoms with Crippen molar-refractivity contribution >= 4 is 17.6 Å². The minimum atomic E-state index is -0.561. The number of anilines is 1. The molecule has 8 heteroatoms. The molecule has 0 bridgehead atoms. The molecule has 148 valence electrons. The van der Waals surface area contributed by atoms with E-state index in [4.69, 9.17) is 19.9 Å². The molecular formula is C19H27N3O5. The molecule has 0 unspecified atom stereocenters. The summed E-state index contributed by atoms with van der Waals surface area (Å²) >= 11 is 0. The van der Waals surface area contributed by atoms with E-state index in [1.807, 2.05) is 13.8 Å². The van der Waals surface area contributed by atoms with Gasteiger partial charge in [0.1, 0.15) is 11.3 Å². The van der Waals surface area contributed by atoms with Gasteiger partial charge < -0.3 is 19.9 Å². The second-order valence-electron chi connectivity index (χ2n) is 5.04. The first kappa shape index (κ1) is 22.0. The summed E-state index contributed by atoms with van der Waals surface area (Å²) in [5.74, 6) is -0.467. The fourth-order valence-electron chi connectivity index (χ4n) is 2.31. The third kappa shape index (κ3) is 5.47. The number of nitrogen functional groups attached to an aromatic ring is 1. The number of nitrogens with zero attached hydrogens (tertiary/aromatic N) is 2. The van der Waals surface area contributed by atoms with Crippen molar-refractivity contribution in [3.8, 4) is 11.4 Å². The highest BCUT2D eigenvalue weighted by Crippen LogP contribution is 2.26. The Bertz CT molecular complexity index is 771. The molecule has 0 aliphatic rings. The number of rotatable bonds is 7. The van der Waals surface area contributed by atoms with Gasteiger partial charge in [0.2, 0.25) is 0 Å². The molecule has 27 heavy (non-hydrogen) atoms. The molecule has 2 aromatic rings. The highest BCUT2D eigenvalue weighted by molar-refractivity contribution is 5.92. The molecule has 0 saturated heterocycles. The number of hydrogen-bond donors (Lipinski definition) is 1. The van der Waals surface area contributed by atoms with Crippen LogP contribution in [0.3, 0.4) is 0 Å². The minimum Gasteiger partial charge on any atom is -0.497 e. The number of hydrogen-bond acceptors (Lipinski definition) is 7.